The molecule has 0 aliphatic rings. The Balaban J connectivity index is 0. The third-order valence-electron chi connectivity index (χ3n) is 1.66. The number of carbonyl (C=O) groups is 1. The molecule has 0 aromatic carbocycles. The number of nitrogens with one attached hydrogen (secondary N) is 1. The zero-order chi connectivity index (χ0) is 15.6. The zero-order valence-electron chi connectivity index (χ0n) is 9.36. The highest BCUT2D eigenvalue weighted by atomic mass is 32.1. The summed E-state index contributed by atoms with van der Waals surface area (Å²) in [4.78, 5) is 27.1. The number of phosphoric acid groups is 1. The number of thiocarbonyl (C=S) groups is 1. The maximum atomic E-state index is 10.4. The lowest BCUT2D eigenvalue weighted by Crippen LogP contribution is -2.47. The van der Waals surface area contributed by atoms with E-state index < -0.39 is 38.8 Å². The van der Waals surface area contributed by atoms with Gasteiger partial charge >= 0.3 is 7.82 Å². The molecule has 4 atom stereocenters. The summed E-state index contributed by atoms with van der Waals surface area (Å²) in [7, 11) is -5.02. The third-order valence-corrected chi connectivity index (χ3v) is 2.18. The molecule has 10 nitrogen and oxygen atoms in total. The molecular weight excluding hydrogens is 305 g/mol. The minimum Gasteiger partial charge on any atom is -0.394 e. The number of aldehydes is 1. The molecule has 0 amide bonds. The van der Waals surface area contributed by atoms with Crippen LogP contribution >= 0.6 is 20.0 Å². The summed E-state index contributed by atoms with van der Waals surface area (Å²) in [5.74, 6) is 0. The molecule has 0 aromatic rings. The van der Waals surface area contributed by atoms with Gasteiger partial charge in [-0.15, -0.1) is 0 Å². The predicted octanol–water partition coefficient (Wildman–Crippen LogP) is -2.59. The molecule has 0 aromatic heterocycles. The molecule has 0 saturated heterocycles. The fraction of sp³-hybridized carbons (Fsp3) is 0.714. The van der Waals surface area contributed by atoms with Crippen LogP contribution in [0.3, 0.4) is 0 Å². The molecule has 0 bridgehead atoms. The van der Waals surface area contributed by atoms with E-state index in [-0.39, 0.29) is 6.29 Å². The summed E-state index contributed by atoms with van der Waals surface area (Å²) >= 11 is 3.81. The largest absolute Gasteiger partial charge is 0.470 e. The quantitative estimate of drug-likeness (QED) is 0.113. The second kappa shape index (κ2) is 10.2. The van der Waals surface area contributed by atoms with E-state index in [4.69, 9.17) is 30.5 Å². The van der Waals surface area contributed by atoms with Gasteiger partial charge in [-0.05, 0) is 12.2 Å². The second-order valence-electron chi connectivity index (χ2n) is 3.03. The SMILES string of the molecule is N=C=S.O=C[C@@H](OP(=O)(O)O)[C@@H](O)[C@H](O)[C@H](O)CO. The fourth-order valence-electron chi connectivity index (χ4n) is 0.856. The first-order chi connectivity index (χ1) is 8.64. The van der Waals surface area contributed by atoms with E-state index in [0.29, 0.717) is 0 Å². The van der Waals surface area contributed by atoms with Gasteiger partial charge in [0.2, 0.25) is 0 Å². The fourth-order valence-corrected chi connectivity index (χ4v) is 1.35. The number of isothiocyanates is 1. The molecule has 0 heterocycles. The van der Waals surface area contributed by atoms with Gasteiger partial charge in [0.05, 0.1) is 11.8 Å². The number of hydrogen-bond donors (Lipinski definition) is 7. The van der Waals surface area contributed by atoms with Gasteiger partial charge in [-0.3, -0.25) is 4.52 Å². The first kappa shape index (κ1) is 20.7. The Kier molecular flexibility index (Phi) is 11.2. The molecule has 12 heteroatoms. The maximum Gasteiger partial charge on any atom is 0.470 e. The Bertz CT molecular complexity index is 341. The minimum atomic E-state index is -5.02. The van der Waals surface area contributed by atoms with E-state index in [1.807, 2.05) is 0 Å². The molecule has 0 saturated carbocycles. The van der Waals surface area contributed by atoms with Crippen molar-refractivity contribution >= 4 is 31.5 Å². The monoisotopic (exact) mass is 319 g/mol. The van der Waals surface area contributed by atoms with Crippen molar-refractivity contribution in [2.45, 2.75) is 24.4 Å². The van der Waals surface area contributed by atoms with Crippen LogP contribution in [0.1, 0.15) is 0 Å². The first-order valence-electron chi connectivity index (χ1n) is 4.52. The van der Waals surface area contributed by atoms with Gasteiger partial charge in [0, 0.05) is 0 Å². The third kappa shape index (κ3) is 9.93. The molecule has 0 rings (SSSR count). The van der Waals surface area contributed by atoms with E-state index in [0.717, 1.165) is 0 Å². The van der Waals surface area contributed by atoms with Crippen molar-refractivity contribution in [1.82, 2.24) is 0 Å². The molecule has 0 aliphatic carbocycles. The minimum absolute atomic E-state index is 0.142. The van der Waals surface area contributed by atoms with Crippen LogP contribution in [-0.2, 0) is 13.9 Å². The van der Waals surface area contributed by atoms with Crippen LogP contribution in [0, 0.1) is 5.41 Å². The normalized spacial score (nSPS) is 17.2. The molecule has 0 aliphatic heterocycles. The van der Waals surface area contributed by atoms with E-state index in [1.165, 1.54) is 0 Å². The average molecular weight is 319 g/mol. The summed E-state index contributed by atoms with van der Waals surface area (Å²) in [5.41, 5.74) is 0. The average Bonchev–Trinajstić information content (AvgIpc) is 2.33. The number of aliphatic hydroxyl groups excluding tert-OH is 4. The number of hydrogen-bond acceptors (Lipinski definition) is 9. The topological polar surface area (TPSA) is 189 Å². The smallest absolute Gasteiger partial charge is 0.394 e. The highest BCUT2D eigenvalue weighted by Crippen LogP contribution is 2.38. The van der Waals surface area contributed by atoms with E-state index in [1.54, 1.807) is 5.16 Å². The van der Waals surface area contributed by atoms with Gasteiger partial charge in [-0.1, -0.05) is 0 Å². The van der Waals surface area contributed by atoms with Crippen molar-refractivity contribution in [3.05, 3.63) is 0 Å². The predicted molar refractivity (Wildman–Crippen MR) is 63.4 cm³/mol. The summed E-state index contributed by atoms with van der Waals surface area (Å²) in [6.07, 6.45) is -7.98. The second-order valence-corrected chi connectivity index (χ2v) is 4.43. The number of carbonyl (C=O) groups excluding carboxylic acids is 1. The van der Waals surface area contributed by atoms with Gasteiger partial charge < -0.3 is 35.0 Å². The van der Waals surface area contributed by atoms with Crippen molar-refractivity contribution < 1.29 is 44.1 Å². The zero-order valence-corrected chi connectivity index (χ0v) is 11.1. The molecule has 112 valence electrons. The molecule has 0 unspecified atom stereocenters. The van der Waals surface area contributed by atoms with Crippen LogP contribution in [0.5, 0.6) is 0 Å². The summed E-state index contributed by atoms with van der Waals surface area (Å²) < 4.78 is 14.2. The summed E-state index contributed by atoms with van der Waals surface area (Å²) in [5, 5.41) is 43.1. The standard InChI is InChI=1S/C6H13O9P.CHNS/c7-1-3(9)5(10)6(11)4(2-8)15-16(12,13)14;2-1-3/h2-7,9-11H,1H2,(H2,12,13,14);2H/t3-,4-,5-,6-;/m1./s1. The van der Waals surface area contributed by atoms with Crippen LogP contribution in [0.4, 0.5) is 0 Å². The van der Waals surface area contributed by atoms with Crippen molar-refractivity contribution in [1.29, 1.82) is 5.41 Å². The highest BCUT2D eigenvalue weighted by Gasteiger charge is 2.35. The van der Waals surface area contributed by atoms with Crippen molar-refractivity contribution in [3.63, 3.8) is 0 Å². The highest BCUT2D eigenvalue weighted by molar-refractivity contribution is 7.78. The van der Waals surface area contributed by atoms with Crippen LogP contribution in [0.15, 0.2) is 0 Å². The molecule has 0 radical (unpaired) electrons. The Morgan fingerprint density at radius 2 is 1.74 bits per heavy atom. The van der Waals surface area contributed by atoms with Crippen LogP contribution in [-0.4, -0.2) is 72.7 Å². The van der Waals surface area contributed by atoms with Crippen LogP contribution < -0.4 is 0 Å². The molecular formula is C7H14NO9PS. The van der Waals surface area contributed by atoms with E-state index >= 15 is 0 Å². The van der Waals surface area contributed by atoms with E-state index in [9.17, 15) is 14.5 Å². The van der Waals surface area contributed by atoms with Crippen LogP contribution in [0.25, 0.3) is 0 Å². The first-order valence-corrected chi connectivity index (χ1v) is 6.46. The van der Waals surface area contributed by atoms with Gasteiger partial charge in [0.1, 0.15) is 18.3 Å². The van der Waals surface area contributed by atoms with Crippen molar-refractivity contribution in [3.8, 4) is 0 Å². The summed E-state index contributed by atoms with van der Waals surface area (Å²) in [6.45, 7) is -0.903. The molecule has 0 fully saturated rings. The number of rotatable bonds is 7. The lowest BCUT2D eigenvalue weighted by atomic mass is 10.0. The molecule has 0 spiro atoms. The summed E-state index contributed by atoms with van der Waals surface area (Å²) in [6, 6.07) is 0. The number of aliphatic hydroxyl groups is 4. The lowest BCUT2D eigenvalue weighted by Gasteiger charge is -2.25. The van der Waals surface area contributed by atoms with Crippen molar-refractivity contribution in [2.24, 2.45) is 0 Å². The molecule has 19 heavy (non-hydrogen) atoms. The van der Waals surface area contributed by atoms with Gasteiger partial charge in [-0.2, -0.15) is 0 Å². The Morgan fingerprint density at radius 1 is 1.32 bits per heavy atom. The van der Waals surface area contributed by atoms with E-state index in [2.05, 4.69) is 16.7 Å². The van der Waals surface area contributed by atoms with Crippen molar-refractivity contribution in [2.75, 3.05) is 6.61 Å². The number of phosphoric ester groups is 1. The Morgan fingerprint density at radius 3 is 2.00 bits per heavy atom. The Hall–Kier alpha value is -0.580. The lowest BCUT2D eigenvalue weighted by molar-refractivity contribution is -0.135. The van der Waals surface area contributed by atoms with Crippen LogP contribution in [0.2, 0.25) is 0 Å². The van der Waals surface area contributed by atoms with Gasteiger partial charge in [-0.25, -0.2) is 9.97 Å². The van der Waals surface area contributed by atoms with Gasteiger partial charge in [0.25, 0.3) is 0 Å². The maximum absolute atomic E-state index is 10.4. The Labute approximate surface area is 113 Å². The molecule has 7 N–H and O–H groups in total. The van der Waals surface area contributed by atoms with Gasteiger partial charge in [0.15, 0.2) is 12.4 Å².